The van der Waals surface area contributed by atoms with E-state index >= 15 is 0 Å². The zero-order chi connectivity index (χ0) is 15.4. The molecule has 2 fully saturated rings. The van der Waals surface area contributed by atoms with Crippen LogP contribution in [0, 0.1) is 11.8 Å². The smallest absolute Gasteiger partial charge is 0.317 e. The normalized spacial score (nSPS) is 30.4. The second kappa shape index (κ2) is 7.11. The molecule has 0 aromatic heterocycles. The van der Waals surface area contributed by atoms with Gasteiger partial charge < -0.3 is 15.3 Å². The van der Waals surface area contributed by atoms with Crippen molar-refractivity contribution >= 4 is 12.0 Å². The highest BCUT2D eigenvalue weighted by Gasteiger charge is 2.33. The molecule has 1 saturated heterocycles. The Kier molecular flexibility index (Phi) is 5.45. The van der Waals surface area contributed by atoms with Crippen molar-refractivity contribution in [3.8, 4) is 0 Å². The average Bonchev–Trinajstić information content (AvgIpc) is 2.93. The number of carbonyl (C=O) groups excluding carboxylic acids is 1. The average molecular weight is 297 g/mol. The van der Waals surface area contributed by atoms with Crippen molar-refractivity contribution in [2.45, 2.75) is 39.2 Å². The molecule has 2 amide bonds. The molecule has 1 saturated carbocycles. The van der Waals surface area contributed by atoms with Crippen molar-refractivity contribution in [3.63, 3.8) is 0 Å². The fourth-order valence-corrected chi connectivity index (χ4v) is 3.59. The molecular formula is C15H27N3O3. The molecule has 120 valence electrons. The molecule has 2 rings (SSSR count). The summed E-state index contributed by atoms with van der Waals surface area (Å²) in [5, 5.41) is 12.1. The van der Waals surface area contributed by atoms with Crippen LogP contribution in [-0.4, -0.2) is 65.7 Å². The maximum Gasteiger partial charge on any atom is 0.317 e. The molecule has 21 heavy (non-hydrogen) atoms. The molecule has 0 bridgehead atoms. The number of carboxylic acid groups (broad SMARTS) is 1. The van der Waals surface area contributed by atoms with Gasteiger partial charge in [-0.2, -0.15) is 0 Å². The molecule has 1 heterocycles. The van der Waals surface area contributed by atoms with E-state index in [4.69, 9.17) is 5.11 Å². The minimum atomic E-state index is -0.725. The Hall–Kier alpha value is -1.30. The SMILES string of the molecule is CCN1CCN(C(=O)NCC2CCCC2C(=O)O)CC1C. The summed E-state index contributed by atoms with van der Waals surface area (Å²) >= 11 is 0. The molecule has 1 aliphatic heterocycles. The summed E-state index contributed by atoms with van der Waals surface area (Å²) in [6.45, 7) is 8.17. The summed E-state index contributed by atoms with van der Waals surface area (Å²) in [5.41, 5.74) is 0. The van der Waals surface area contributed by atoms with E-state index in [-0.39, 0.29) is 17.9 Å². The van der Waals surface area contributed by atoms with E-state index in [1.54, 1.807) is 0 Å². The van der Waals surface area contributed by atoms with Crippen LogP contribution in [0.4, 0.5) is 4.79 Å². The van der Waals surface area contributed by atoms with E-state index in [1.807, 2.05) is 4.90 Å². The maximum absolute atomic E-state index is 12.2. The summed E-state index contributed by atoms with van der Waals surface area (Å²) in [6.07, 6.45) is 2.59. The monoisotopic (exact) mass is 297 g/mol. The third kappa shape index (κ3) is 3.87. The molecule has 0 radical (unpaired) electrons. The number of hydrogen-bond donors (Lipinski definition) is 2. The van der Waals surface area contributed by atoms with Gasteiger partial charge in [-0.3, -0.25) is 9.69 Å². The van der Waals surface area contributed by atoms with Crippen LogP contribution < -0.4 is 5.32 Å². The lowest BCUT2D eigenvalue weighted by molar-refractivity contribution is -0.142. The van der Waals surface area contributed by atoms with Gasteiger partial charge in [-0.15, -0.1) is 0 Å². The summed E-state index contributed by atoms with van der Waals surface area (Å²) in [4.78, 5) is 27.6. The number of amides is 2. The summed E-state index contributed by atoms with van der Waals surface area (Å²) < 4.78 is 0. The highest BCUT2D eigenvalue weighted by Crippen LogP contribution is 2.31. The molecule has 2 aliphatic rings. The molecular weight excluding hydrogens is 270 g/mol. The number of piperazine rings is 1. The molecule has 2 N–H and O–H groups in total. The van der Waals surface area contributed by atoms with Crippen molar-refractivity contribution in [1.29, 1.82) is 0 Å². The van der Waals surface area contributed by atoms with Crippen molar-refractivity contribution in [3.05, 3.63) is 0 Å². The minimum Gasteiger partial charge on any atom is -0.481 e. The Morgan fingerprint density at radius 1 is 1.29 bits per heavy atom. The van der Waals surface area contributed by atoms with Gasteiger partial charge in [-0.1, -0.05) is 13.3 Å². The Morgan fingerprint density at radius 3 is 2.67 bits per heavy atom. The number of nitrogens with one attached hydrogen (secondary N) is 1. The Labute approximate surface area is 126 Å². The molecule has 0 aromatic carbocycles. The van der Waals surface area contributed by atoms with E-state index in [0.717, 1.165) is 45.4 Å². The van der Waals surface area contributed by atoms with Gasteiger partial charge in [0.2, 0.25) is 0 Å². The van der Waals surface area contributed by atoms with Crippen molar-refractivity contribution in [2.75, 3.05) is 32.7 Å². The highest BCUT2D eigenvalue weighted by molar-refractivity contribution is 5.75. The third-order valence-corrected chi connectivity index (χ3v) is 4.95. The number of rotatable bonds is 4. The largest absolute Gasteiger partial charge is 0.481 e. The Bertz CT molecular complexity index is 388. The lowest BCUT2D eigenvalue weighted by Gasteiger charge is -2.39. The highest BCUT2D eigenvalue weighted by atomic mass is 16.4. The van der Waals surface area contributed by atoms with Crippen LogP contribution >= 0.6 is 0 Å². The fourth-order valence-electron chi connectivity index (χ4n) is 3.59. The van der Waals surface area contributed by atoms with Gasteiger partial charge in [0.25, 0.3) is 0 Å². The number of carbonyl (C=O) groups is 2. The lowest BCUT2D eigenvalue weighted by Crippen LogP contribution is -2.56. The van der Waals surface area contributed by atoms with Gasteiger partial charge in [0.15, 0.2) is 0 Å². The Balaban J connectivity index is 1.78. The molecule has 3 atom stereocenters. The summed E-state index contributed by atoms with van der Waals surface area (Å²) in [6, 6.07) is 0.335. The predicted octanol–water partition coefficient (Wildman–Crippen LogP) is 1.22. The van der Waals surface area contributed by atoms with Crippen LogP contribution in [-0.2, 0) is 4.79 Å². The summed E-state index contributed by atoms with van der Waals surface area (Å²) in [5.74, 6) is -0.932. The van der Waals surface area contributed by atoms with Gasteiger partial charge in [0.1, 0.15) is 0 Å². The number of urea groups is 1. The third-order valence-electron chi connectivity index (χ3n) is 4.95. The number of carboxylic acids is 1. The molecule has 3 unspecified atom stereocenters. The molecule has 6 nitrogen and oxygen atoms in total. The molecule has 0 spiro atoms. The minimum absolute atomic E-state index is 0.0476. The first-order valence-electron chi connectivity index (χ1n) is 8.02. The maximum atomic E-state index is 12.2. The second-order valence-corrected chi connectivity index (χ2v) is 6.25. The van der Waals surface area contributed by atoms with E-state index in [0.29, 0.717) is 12.6 Å². The van der Waals surface area contributed by atoms with Crippen LogP contribution in [0.1, 0.15) is 33.1 Å². The first-order valence-corrected chi connectivity index (χ1v) is 8.02. The van der Waals surface area contributed by atoms with Gasteiger partial charge >= 0.3 is 12.0 Å². The molecule has 1 aliphatic carbocycles. The van der Waals surface area contributed by atoms with Crippen molar-refractivity contribution in [1.82, 2.24) is 15.1 Å². The van der Waals surface area contributed by atoms with Crippen LogP contribution in [0.15, 0.2) is 0 Å². The van der Waals surface area contributed by atoms with Crippen molar-refractivity contribution in [2.24, 2.45) is 11.8 Å². The fraction of sp³-hybridized carbons (Fsp3) is 0.867. The zero-order valence-corrected chi connectivity index (χ0v) is 13.0. The topological polar surface area (TPSA) is 72.9 Å². The number of aliphatic carboxylic acids is 1. The van der Waals surface area contributed by atoms with Crippen LogP contribution in [0.3, 0.4) is 0 Å². The van der Waals surface area contributed by atoms with Gasteiger partial charge in [0.05, 0.1) is 5.92 Å². The second-order valence-electron chi connectivity index (χ2n) is 6.25. The zero-order valence-electron chi connectivity index (χ0n) is 13.0. The van der Waals surface area contributed by atoms with Gasteiger partial charge in [0, 0.05) is 32.2 Å². The first-order chi connectivity index (χ1) is 10.0. The van der Waals surface area contributed by atoms with Gasteiger partial charge in [-0.25, -0.2) is 4.79 Å². The number of hydrogen-bond acceptors (Lipinski definition) is 3. The van der Waals surface area contributed by atoms with E-state index in [1.165, 1.54) is 0 Å². The Morgan fingerprint density at radius 2 is 2.05 bits per heavy atom. The van der Waals surface area contributed by atoms with Crippen LogP contribution in [0.5, 0.6) is 0 Å². The summed E-state index contributed by atoms with van der Waals surface area (Å²) in [7, 11) is 0. The standard InChI is InChI=1S/C15H27N3O3/c1-3-17-7-8-18(10-11(17)2)15(21)16-9-12-5-4-6-13(12)14(19)20/h11-13H,3-10H2,1-2H3,(H,16,21)(H,19,20). The molecule has 0 aromatic rings. The molecule has 6 heteroatoms. The van der Waals surface area contributed by atoms with E-state index in [2.05, 4.69) is 24.1 Å². The quantitative estimate of drug-likeness (QED) is 0.818. The number of likely N-dealkylation sites (N-methyl/N-ethyl adjacent to an activating group) is 1. The van der Waals surface area contributed by atoms with Crippen LogP contribution in [0.25, 0.3) is 0 Å². The lowest BCUT2D eigenvalue weighted by atomic mass is 9.96. The van der Waals surface area contributed by atoms with Crippen molar-refractivity contribution < 1.29 is 14.7 Å². The van der Waals surface area contributed by atoms with Crippen LogP contribution in [0.2, 0.25) is 0 Å². The van der Waals surface area contributed by atoms with E-state index in [9.17, 15) is 9.59 Å². The van der Waals surface area contributed by atoms with Gasteiger partial charge in [-0.05, 0) is 32.2 Å². The predicted molar refractivity (Wildman–Crippen MR) is 80.1 cm³/mol. The van der Waals surface area contributed by atoms with E-state index < -0.39 is 5.97 Å². The number of nitrogens with zero attached hydrogens (tertiary/aromatic N) is 2. The first kappa shape index (κ1) is 16.1.